The zero-order valence-electron chi connectivity index (χ0n) is 13.6. The van der Waals surface area contributed by atoms with Gasteiger partial charge in [-0.1, -0.05) is 30.8 Å². The van der Waals surface area contributed by atoms with Crippen LogP contribution < -0.4 is 15.0 Å². The van der Waals surface area contributed by atoms with Crippen LogP contribution in [0.25, 0.3) is 0 Å². The van der Waals surface area contributed by atoms with Gasteiger partial charge in [0.2, 0.25) is 5.91 Å². The first-order chi connectivity index (χ1) is 11.0. The molecule has 0 aliphatic heterocycles. The maximum Gasteiger partial charge on any atom is 0.243 e. The highest BCUT2D eigenvalue weighted by molar-refractivity contribution is 5.94. The van der Waals surface area contributed by atoms with E-state index in [9.17, 15) is 4.79 Å². The molecule has 0 saturated heterocycles. The van der Waals surface area contributed by atoms with Crippen molar-refractivity contribution in [1.29, 1.82) is 0 Å². The molecule has 2 rings (SSSR count). The molecule has 2 aromatic rings. The van der Waals surface area contributed by atoms with E-state index in [-0.39, 0.29) is 12.5 Å². The third-order valence-electron chi connectivity index (χ3n) is 3.18. The van der Waals surface area contributed by atoms with E-state index in [1.54, 1.807) is 0 Å². The van der Waals surface area contributed by atoms with Gasteiger partial charge in [-0.15, -0.1) is 0 Å². The van der Waals surface area contributed by atoms with Crippen molar-refractivity contribution in [1.82, 2.24) is 0 Å². The van der Waals surface area contributed by atoms with E-state index >= 15 is 0 Å². The maximum atomic E-state index is 12.2. The molecule has 0 heterocycles. The molecule has 23 heavy (non-hydrogen) atoms. The molecule has 120 valence electrons. The fraction of sp³-hybridized carbons (Fsp3) is 0.211. The van der Waals surface area contributed by atoms with Gasteiger partial charge in [0.15, 0.2) is 0 Å². The molecule has 4 nitrogen and oxygen atoms in total. The van der Waals surface area contributed by atoms with E-state index in [2.05, 4.69) is 11.9 Å². The summed E-state index contributed by atoms with van der Waals surface area (Å²) in [6, 6.07) is 17.2. The Hall–Kier alpha value is -2.75. The van der Waals surface area contributed by atoms with Crippen LogP contribution >= 0.6 is 0 Å². The summed E-state index contributed by atoms with van der Waals surface area (Å²) in [5.74, 6) is 0.635. The van der Waals surface area contributed by atoms with Crippen LogP contribution in [0.4, 0.5) is 11.4 Å². The summed E-state index contributed by atoms with van der Waals surface area (Å²) in [5.41, 5.74) is 2.67. The highest BCUT2D eigenvalue weighted by Gasteiger charge is 2.08. The Balaban J connectivity index is 1.92. The Morgan fingerprint density at radius 3 is 2.61 bits per heavy atom. The quantitative estimate of drug-likeness (QED) is 0.793. The van der Waals surface area contributed by atoms with Crippen molar-refractivity contribution in [3.63, 3.8) is 0 Å². The molecule has 1 N–H and O–H groups in total. The van der Waals surface area contributed by atoms with Gasteiger partial charge < -0.3 is 15.0 Å². The average Bonchev–Trinajstić information content (AvgIpc) is 2.54. The Kier molecular flexibility index (Phi) is 5.80. The van der Waals surface area contributed by atoms with E-state index in [4.69, 9.17) is 4.74 Å². The van der Waals surface area contributed by atoms with Gasteiger partial charge in [-0.05, 0) is 36.8 Å². The number of carbonyl (C=O) groups is 1. The highest BCUT2D eigenvalue weighted by atomic mass is 16.5. The predicted octanol–water partition coefficient (Wildman–Crippen LogP) is 3.72. The predicted molar refractivity (Wildman–Crippen MR) is 95.1 cm³/mol. The number of hydrogen-bond acceptors (Lipinski definition) is 3. The average molecular weight is 310 g/mol. The molecule has 0 saturated carbocycles. The van der Waals surface area contributed by atoms with Crippen molar-refractivity contribution in [2.24, 2.45) is 0 Å². The third-order valence-corrected chi connectivity index (χ3v) is 3.18. The second-order valence-corrected chi connectivity index (χ2v) is 5.51. The summed E-state index contributed by atoms with van der Waals surface area (Å²) >= 11 is 0. The lowest BCUT2D eigenvalue weighted by Gasteiger charge is -2.18. The van der Waals surface area contributed by atoms with Crippen LogP contribution in [0.3, 0.4) is 0 Å². The number of para-hydroxylation sites is 1. The van der Waals surface area contributed by atoms with Gasteiger partial charge in [0.1, 0.15) is 12.4 Å². The lowest BCUT2D eigenvalue weighted by molar-refractivity contribution is -0.114. The monoisotopic (exact) mass is 310 g/mol. The van der Waals surface area contributed by atoms with Crippen molar-refractivity contribution < 1.29 is 9.53 Å². The minimum atomic E-state index is -0.0756. The number of ether oxygens (including phenoxy) is 1. The number of carbonyl (C=O) groups excluding carboxylic acids is 1. The van der Waals surface area contributed by atoms with E-state index in [1.165, 1.54) is 0 Å². The number of benzene rings is 2. The normalized spacial score (nSPS) is 10.0. The van der Waals surface area contributed by atoms with Gasteiger partial charge >= 0.3 is 0 Å². The second-order valence-electron chi connectivity index (χ2n) is 5.51. The minimum absolute atomic E-state index is 0.0756. The molecule has 0 aliphatic rings. The molecule has 0 unspecified atom stereocenters. The number of rotatable bonds is 7. The molecule has 0 aliphatic carbocycles. The summed E-state index contributed by atoms with van der Waals surface area (Å²) in [6.45, 7) is 6.46. The van der Waals surface area contributed by atoms with Crippen LogP contribution in [0.1, 0.15) is 6.92 Å². The topological polar surface area (TPSA) is 41.6 Å². The Bertz CT molecular complexity index is 668. The van der Waals surface area contributed by atoms with E-state index in [1.807, 2.05) is 73.5 Å². The van der Waals surface area contributed by atoms with Crippen LogP contribution in [0.5, 0.6) is 5.75 Å². The molecule has 2 aromatic carbocycles. The maximum absolute atomic E-state index is 12.2. The third kappa shape index (κ3) is 5.51. The fourth-order valence-corrected chi connectivity index (χ4v) is 2.06. The van der Waals surface area contributed by atoms with Gasteiger partial charge in [0.05, 0.1) is 6.54 Å². The van der Waals surface area contributed by atoms with Crippen molar-refractivity contribution in [2.45, 2.75) is 6.92 Å². The van der Waals surface area contributed by atoms with Crippen molar-refractivity contribution in [3.05, 3.63) is 66.7 Å². The number of anilines is 2. The Morgan fingerprint density at radius 2 is 1.91 bits per heavy atom. The number of nitrogens with zero attached hydrogens (tertiary/aromatic N) is 1. The number of likely N-dealkylation sites (N-methyl/N-ethyl adjacent to an activating group) is 1. The van der Waals surface area contributed by atoms with E-state index < -0.39 is 0 Å². The smallest absolute Gasteiger partial charge is 0.243 e. The molecular formula is C19H22N2O2. The summed E-state index contributed by atoms with van der Waals surface area (Å²) in [7, 11) is 1.89. The van der Waals surface area contributed by atoms with Crippen LogP contribution in [-0.2, 0) is 4.79 Å². The Morgan fingerprint density at radius 1 is 1.17 bits per heavy atom. The molecule has 1 amide bonds. The fourth-order valence-electron chi connectivity index (χ4n) is 2.06. The zero-order valence-corrected chi connectivity index (χ0v) is 13.6. The number of hydrogen-bond donors (Lipinski definition) is 1. The van der Waals surface area contributed by atoms with Gasteiger partial charge in [0, 0.05) is 24.5 Å². The second kappa shape index (κ2) is 8.03. The minimum Gasteiger partial charge on any atom is -0.489 e. The van der Waals surface area contributed by atoms with Crippen molar-refractivity contribution in [3.8, 4) is 5.75 Å². The lowest BCUT2D eigenvalue weighted by atomic mass is 10.3. The SMILES string of the molecule is C=C(C)COc1cccc(NC(=O)CN(C)c2ccccc2)c1. The summed E-state index contributed by atoms with van der Waals surface area (Å²) in [6.07, 6.45) is 0. The highest BCUT2D eigenvalue weighted by Crippen LogP contribution is 2.18. The lowest BCUT2D eigenvalue weighted by Crippen LogP contribution is -2.29. The first-order valence-corrected chi connectivity index (χ1v) is 7.48. The van der Waals surface area contributed by atoms with Crippen molar-refractivity contribution >= 4 is 17.3 Å². The van der Waals surface area contributed by atoms with Crippen LogP contribution in [0.2, 0.25) is 0 Å². The largest absolute Gasteiger partial charge is 0.489 e. The molecule has 0 spiro atoms. The first kappa shape index (κ1) is 16.6. The molecule has 0 bridgehead atoms. The summed E-state index contributed by atoms with van der Waals surface area (Å²) in [5, 5.41) is 2.89. The standard InChI is InChI=1S/C19H22N2O2/c1-15(2)14-23-18-11-7-8-16(12-18)20-19(22)13-21(3)17-9-5-4-6-10-17/h4-12H,1,13-14H2,2-3H3,(H,20,22). The molecular weight excluding hydrogens is 288 g/mol. The molecule has 0 aromatic heterocycles. The number of nitrogens with one attached hydrogen (secondary N) is 1. The van der Waals surface area contributed by atoms with Crippen LogP contribution in [0, 0.1) is 0 Å². The summed E-state index contributed by atoms with van der Waals surface area (Å²) in [4.78, 5) is 14.1. The van der Waals surface area contributed by atoms with Gasteiger partial charge in [0.25, 0.3) is 0 Å². The van der Waals surface area contributed by atoms with E-state index in [0.29, 0.717) is 12.4 Å². The van der Waals surface area contributed by atoms with Gasteiger partial charge in [-0.3, -0.25) is 4.79 Å². The van der Waals surface area contributed by atoms with E-state index in [0.717, 1.165) is 16.9 Å². The molecule has 4 heteroatoms. The molecule has 0 fully saturated rings. The van der Waals surface area contributed by atoms with Crippen molar-refractivity contribution in [2.75, 3.05) is 30.4 Å². The molecule has 0 radical (unpaired) electrons. The first-order valence-electron chi connectivity index (χ1n) is 7.48. The van der Waals surface area contributed by atoms with Crippen LogP contribution in [0.15, 0.2) is 66.7 Å². The molecule has 0 atom stereocenters. The van der Waals surface area contributed by atoms with Crippen LogP contribution in [-0.4, -0.2) is 26.1 Å². The zero-order chi connectivity index (χ0) is 16.7. The Labute approximate surface area is 137 Å². The number of amides is 1. The van der Waals surface area contributed by atoms with Gasteiger partial charge in [-0.25, -0.2) is 0 Å². The van der Waals surface area contributed by atoms with Gasteiger partial charge in [-0.2, -0.15) is 0 Å². The summed E-state index contributed by atoms with van der Waals surface area (Å²) < 4.78 is 5.58.